The summed E-state index contributed by atoms with van der Waals surface area (Å²) < 4.78 is 26.4. The monoisotopic (exact) mass is 487 g/mol. The van der Waals surface area contributed by atoms with E-state index in [9.17, 15) is 18.0 Å². The average Bonchev–Trinajstić information content (AvgIpc) is 2.76. The van der Waals surface area contributed by atoms with Crippen LogP contribution in [-0.4, -0.2) is 50.5 Å². The number of hydrogen-bond acceptors (Lipinski definition) is 4. The van der Waals surface area contributed by atoms with Gasteiger partial charge in [0.25, 0.3) is 0 Å². The van der Waals surface area contributed by atoms with Crippen molar-refractivity contribution in [1.82, 2.24) is 10.2 Å². The third kappa shape index (κ3) is 7.32. The molecule has 1 atom stereocenters. The standard InChI is InChI=1S/C26H37N3O4S/c1-7-27-26(31)22(5)28(18-23-12-9-8-11-20(23)3)25(30)13-10-16-29(34(6,32)33)24-17-19(2)14-15-21(24)4/h8-9,11-12,14-15,17,22H,7,10,13,16,18H2,1-6H3,(H,27,31)/t22-/m0/s1. The summed E-state index contributed by atoms with van der Waals surface area (Å²) in [6.45, 7) is 10.3. The van der Waals surface area contributed by atoms with Crippen LogP contribution in [0.15, 0.2) is 42.5 Å². The van der Waals surface area contributed by atoms with E-state index in [1.807, 2.05) is 70.2 Å². The number of sulfonamides is 1. The van der Waals surface area contributed by atoms with E-state index in [4.69, 9.17) is 0 Å². The Morgan fingerprint density at radius 3 is 2.32 bits per heavy atom. The van der Waals surface area contributed by atoms with Crippen molar-refractivity contribution in [2.45, 2.75) is 60.0 Å². The number of nitrogens with zero attached hydrogens (tertiary/aromatic N) is 2. The Hall–Kier alpha value is -2.87. The molecule has 2 aromatic rings. The largest absolute Gasteiger partial charge is 0.355 e. The number of likely N-dealkylation sites (N-methyl/N-ethyl adjacent to an activating group) is 1. The smallest absolute Gasteiger partial charge is 0.242 e. The highest BCUT2D eigenvalue weighted by atomic mass is 32.2. The summed E-state index contributed by atoms with van der Waals surface area (Å²) in [5.74, 6) is -0.394. The van der Waals surface area contributed by atoms with Crippen LogP contribution >= 0.6 is 0 Å². The minimum absolute atomic E-state index is 0.131. The van der Waals surface area contributed by atoms with Crippen LogP contribution in [-0.2, 0) is 26.2 Å². The zero-order valence-electron chi connectivity index (χ0n) is 21.1. The van der Waals surface area contributed by atoms with Gasteiger partial charge in [0.15, 0.2) is 0 Å². The van der Waals surface area contributed by atoms with Crippen molar-refractivity contribution in [2.75, 3.05) is 23.7 Å². The summed E-state index contributed by atoms with van der Waals surface area (Å²) in [6.07, 6.45) is 1.65. The first-order valence-corrected chi connectivity index (χ1v) is 13.5. The molecule has 0 aliphatic carbocycles. The van der Waals surface area contributed by atoms with E-state index in [1.165, 1.54) is 10.6 Å². The van der Waals surface area contributed by atoms with Gasteiger partial charge in [0.1, 0.15) is 6.04 Å². The van der Waals surface area contributed by atoms with Crippen molar-refractivity contribution in [2.24, 2.45) is 0 Å². The molecule has 7 nitrogen and oxygen atoms in total. The number of amides is 2. The Bertz CT molecular complexity index is 1110. The van der Waals surface area contributed by atoms with Gasteiger partial charge in [0, 0.05) is 26.1 Å². The van der Waals surface area contributed by atoms with Gasteiger partial charge in [0.2, 0.25) is 21.8 Å². The molecule has 8 heteroatoms. The number of hydrogen-bond donors (Lipinski definition) is 1. The quantitative estimate of drug-likeness (QED) is 0.523. The van der Waals surface area contributed by atoms with Crippen LogP contribution in [0.1, 0.15) is 48.9 Å². The predicted molar refractivity (Wildman–Crippen MR) is 137 cm³/mol. The lowest BCUT2D eigenvalue weighted by Crippen LogP contribution is -2.47. The van der Waals surface area contributed by atoms with Gasteiger partial charge in [-0.1, -0.05) is 36.4 Å². The maximum Gasteiger partial charge on any atom is 0.242 e. The van der Waals surface area contributed by atoms with E-state index in [1.54, 1.807) is 11.8 Å². The molecule has 0 aliphatic heterocycles. The Morgan fingerprint density at radius 1 is 1.03 bits per heavy atom. The number of benzene rings is 2. The second kappa shape index (κ2) is 12.0. The summed E-state index contributed by atoms with van der Waals surface area (Å²) in [7, 11) is -3.52. The maximum absolute atomic E-state index is 13.3. The highest BCUT2D eigenvalue weighted by Gasteiger charge is 2.27. The highest BCUT2D eigenvalue weighted by Crippen LogP contribution is 2.25. The van der Waals surface area contributed by atoms with E-state index < -0.39 is 16.1 Å². The number of anilines is 1. The number of nitrogens with one attached hydrogen (secondary N) is 1. The third-order valence-electron chi connectivity index (χ3n) is 5.91. The first-order chi connectivity index (χ1) is 16.0. The summed E-state index contributed by atoms with van der Waals surface area (Å²) in [6, 6.07) is 12.8. The van der Waals surface area contributed by atoms with Crippen LogP contribution in [0.3, 0.4) is 0 Å². The van der Waals surface area contributed by atoms with E-state index >= 15 is 0 Å². The lowest BCUT2D eigenvalue weighted by Gasteiger charge is -2.30. The van der Waals surface area contributed by atoms with Gasteiger partial charge in [-0.2, -0.15) is 0 Å². The first-order valence-electron chi connectivity index (χ1n) is 11.6. The SMILES string of the molecule is CCNC(=O)[C@H](C)N(Cc1ccccc1C)C(=O)CCCN(c1cc(C)ccc1C)S(C)(=O)=O. The molecule has 0 unspecified atom stereocenters. The lowest BCUT2D eigenvalue weighted by molar-refractivity contribution is -0.140. The Balaban J connectivity index is 2.20. The zero-order chi connectivity index (χ0) is 25.5. The fourth-order valence-corrected chi connectivity index (χ4v) is 4.86. The van der Waals surface area contributed by atoms with Crippen molar-refractivity contribution in [3.8, 4) is 0 Å². The third-order valence-corrected chi connectivity index (χ3v) is 7.09. The molecule has 34 heavy (non-hydrogen) atoms. The molecule has 0 aliphatic rings. The molecule has 0 aromatic heterocycles. The molecule has 0 fully saturated rings. The van der Waals surface area contributed by atoms with Crippen molar-refractivity contribution in [1.29, 1.82) is 0 Å². The fraction of sp³-hybridized carbons (Fsp3) is 0.462. The van der Waals surface area contributed by atoms with Crippen LogP contribution < -0.4 is 9.62 Å². The van der Waals surface area contributed by atoms with E-state index in [-0.39, 0.29) is 24.8 Å². The summed E-state index contributed by atoms with van der Waals surface area (Å²) >= 11 is 0. The van der Waals surface area contributed by atoms with Crippen LogP contribution in [0.5, 0.6) is 0 Å². The summed E-state index contributed by atoms with van der Waals surface area (Å²) in [4.78, 5) is 27.4. The fourth-order valence-electron chi connectivity index (χ4n) is 3.85. The second-order valence-corrected chi connectivity index (χ2v) is 10.7. The van der Waals surface area contributed by atoms with E-state index in [0.717, 1.165) is 22.3 Å². The van der Waals surface area contributed by atoms with Gasteiger partial charge in [-0.15, -0.1) is 0 Å². The molecule has 2 rings (SSSR count). The normalized spacial score (nSPS) is 12.2. The van der Waals surface area contributed by atoms with Crippen molar-refractivity contribution in [3.05, 3.63) is 64.7 Å². The summed E-state index contributed by atoms with van der Waals surface area (Å²) in [5, 5.41) is 2.79. The molecular weight excluding hydrogens is 450 g/mol. The minimum atomic E-state index is -3.52. The molecule has 0 heterocycles. The number of rotatable bonds is 11. The average molecular weight is 488 g/mol. The van der Waals surface area contributed by atoms with E-state index in [0.29, 0.717) is 25.2 Å². The molecule has 186 valence electrons. The summed E-state index contributed by atoms with van der Waals surface area (Å²) in [5.41, 5.74) is 4.46. The molecule has 0 spiro atoms. The molecular formula is C26H37N3O4S. The van der Waals surface area contributed by atoms with Gasteiger partial charge in [-0.3, -0.25) is 13.9 Å². The molecule has 2 amide bonds. The van der Waals surface area contributed by atoms with Gasteiger partial charge in [-0.25, -0.2) is 8.42 Å². The van der Waals surface area contributed by atoms with Crippen LogP contribution in [0.4, 0.5) is 5.69 Å². The second-order valence-electron chi connectivity index (χ2n) is 8.75. The molecule has 0 bridgehead atoms. The van der Waals surface area contributed by atoms with Gasteiger partial charge in [-0.05, 0) is 69.4 Å². The predicted octanol–water partition coefficient (Wildman–Crippen LogP) is 3.71. The molecule has 0 radical (unpaired) electrons. The first kappa shape index (κ1) is 27.4. The van der Waals surface area contributed by atoms with Gasteiger partial charge in [0.05, 0.1) is 11.9 Å². The van der Waals surface area contributed by atoms with Crippen molar-refractivity contribution < 1.29 is 18.0 Å². The Kier molecular flexibility index (Phi) is 9.67. The molecule has 1 N–H and O–H groups in total. The van der Waals surface area contributed by atoms with Gasteiger partial charge < -0.3 is 10.2 Å². The molecule has 2 aromatic carbocycles. The highest BCUT2D eigenvalue weighted by molar-refractivity contribution is 7.92. The number of carbonyl (C=O) groups excluding carboxylic acids is 2. The maximum atomic E-state index is 13.3. The van der Waals surface area contributed by atoms with Crippen molar-refractivity contribution >= 4 is 27.5 Å². The molecule has 0 saturated carbocycles. The van der Waals surface area contributed by atoms with Crippen LogP contribution in [0.25, 0.3) is 0 Å². The Labute approximate surface area is 204 Å². The zero-order valence-corrected chi connectivity index (χ0v) is 21.9. The topological polar surface area (TPSA) is 86.8 Å². The lowest BCUT2D eigenvalue weighted by atomic mass is 10.1. The number of carbonyl (C=O) groups is 2. The number of aryl methyl sites for hydroxylation is 3. The van der Waals surface area contributed by atoms with Crippen LogP contribution in [0.2, 0.25) is 0 Å². The van der Waals surface area contributed by atoms with Gasteiger partial charge >= 0.3 is 0 Å². The minimum Gasteiger partial charge on any atom is -0.355 e. The van der Waals surface area contributed by atoms with E-state index in [2.05, 4.69) is 5.32 Å². The van der Waals surface area contributed by atoms with Crippen molar-refractivity contribution in [3.63, 3.8) is 0 Å². The van der Waals surface area contributed by atoms with Crippen LogP contribution in [0, 0.1) is 20.8 Å². The Morgan fingerprint density at radius 2 is 1.71 bits per heavy atom. The molecule has 0 saturated heterocycles.